The first-order valence-corrected chi connectivity index (χ1v) is 6.98. The fourth-order valence-electron chi connectivity index (χ4n) is 2.17. The minimum Gasteiger partial charge on any atom is -0.496 e. The number of carbonyl (C=O) groups is 1. The Kier molecular flexibility index (Phi) is 4.98. The van der Waals surface area contributed by atoms with E-state index in [1.165, 1.54) is 0 Å². The van der Waals surface area contributed by atoms with E-state index in [0.717, 1.165) is 29.2 Å². The van der Waals surface area contributed by atoms with Gasteiger partial charge in [-0.15, -0.1) is 0 Å². The van der Waals surface area contributed by atoms with Crippen molar-refractivity contribution < 1.29 is 9.53 Å². The molecule has 2 aromatic rings. The van der Waals surface area contributed by atoms with Crippen LogP contribution in [0.4, 0.5) is 0 Å². The van der Waals surface area contributed by atoms with E-state index in [4.69, 9.17) is 4.74 Å². The number of benzene rings is 1. The molecule has 2 rings (SSSR count). The van der Waals surface area contributed by atoms with E-state index in [-0.39, 0.29) is 5.91 Å². The molecule has 112 valence electrons. The molecule has 0 saturated carbocycles. The Bertz CT molecular complexity index is 620. The maximum Gasteiger partial charge on any atom is 0.224 e. The summed E-state index contributed by atoms with van der Waals surface area (Å²) in [5.41, 5.74) is 3.05. The van der Waals surface area contributed by atoms with Gasteiger partial charge in [0.15, 0.2) is 0 Å². The Hall–Kier alpha value is -2.30. The quantitative estimate of drug-likeness (QED) is 0.882. The number of amides is 1. The molecule has 0 aliphatic carbocycles. The molecular formula is C16H21N3O2. The lowest BCUT2D eigenvalue weighted by atomic mass is 10.1. The second-order valence-corrected chi connectivity index (χ2v) is 4.95. The van der Waals surface area contributed by atoms with Gasteiger partial charge in [0.2, 0.25) is 5.91 Å². The van der Waals surface area contributed by atoms with Crippen LogP contribution in [0.15, 0.2) is 30.6 Å². The smallest absolute Gasteiger partial charge is 0.224 e. The van der Waals surface area contributed by atoms with Gasteiger partial charge in [-0.05, 0) is 19.9 Å². The highest BCUT2D eigenvalue weighted by Gasteiger charge is 2.08. The second-order valence-electron chi connectivity index (χ2n) is 4.95. The van der Waals surface area contributed by atoms with Crippen LogP contribution in [0, 0.1) is 13.8 Å². The Labute approximate surface area is 125 Å². The normalized spacial score (nSPS) is 10.4. The maximum absolute atomic E-state index is 12.0. The molecule has 1 aromatic carbocycles. The number of nitrogens with zero attached hydrogens (tertiary/aromatic N) is 2. The van der Waals surface area contributed by atoms with E-state index in [0.29, 0.717) is 13.0 Å². The molecule has 0 saturated heterocycles. The number of imidazole rings is 1. The Morgan fingerprint density at radius 3 is 2.76 bits per heavy atom. The van der Waals surface area contributed by atoms with Gasteiger partial charge < -0.3 is 14.6 Å². The molecule has 5 heteroatoms. The second kappa shape index (κ2) is 6.92. The molecule has 0 spiro atoms. The number of hydrogen-bond acceptors (Lipinski definition) is 3. The summed E-state index contributed by atoms with van der Waals surface area (Å²) in [6.45, 7) is 5.32. The van der Waals surface area contributed by atoms with Gasteiger partial charge in [0, 0.05) is 24.3 Å². The minimum absolute atomic E-state index is 0.00556. The monoisotopic (exact) mass is 287 g/mol. The summed E-state index contributed by atoms with van der Waals surface area (Å²) in [4.78, 5) is 16.2. The molecule has 1 aromatic heterocycles. The summed E-state index contributed by atoms with van der Waals surface area (Å²) in [5, 5.41) is 2.92. The fourth-order valence-corrected chi connectivity index (χ4v) is 2.17. The van der Waals surface area contributed by atoms with Crippen LogP contribution in [0.3, 0.4) is 0 Å². The third kappa shape index (κ3) is 3.84. The number of hydrogen-bond donors (Lipinski definition) is 1. The summed E-state index contributed by atoms with van der Waals surface area (Å²) < 4.78 is 7.29. The molecule has 0 bridgehead atoms. The van der Waals surface area contributed by atoms with Crippen LogP contribution in [0.25, 0.3) is 0 Å². The van der Waals surface area contributed by atoms with Crippen molar-refractivity contribution >= 4 is 5.91 Å². The van der Waals surface area contributed by atoms with E-state index >= 15 is 0 Å². The van der Waals surface area contributed by atoms with Crippen LogP contribution < -0.4 is 10.1 Å². The van der Waals surface area contributed by atoms with Gasteiger partial charge in [0.25, 0.3) is 0 Å². The fraction of sp³-hybridized carbons (Fsp3) is 0.375. The zero-order valence-corrected chi connectivity index (χ0v) is 12.7. The average molecular weight is 287 g/mol. The summed E-state index contributed by atoms with van der Waals surface area (Å²) in [6, 6.07) is 7.56. The Balaban J connectivity index is 1.84. The lowest BCUT2D eigenvalue weighted by Gasteiger charge is -2.10. The molecular weight excluding hydrogens is 266 g/mol. The lowest BCUT2D eigenvalue weighted by molar-refractivity contribution is -0.120. The van der Waals surface area contributed by atoms with Crippen LogP contribution in [0.1, 0.15) is 17.0 Å². The number of methoxy groups -OCH3 is 1. The third-order valence-electron chi connectivity index (χ3n) is 3.56. The molecule has 0 aliphatic heterocycles. The summed E-state index contributed by atoms with van der Waals surface area (Å²) in [7, 11) is 1.61. The number of aryl methyl sites for hydroxylation is 1. The van der Waals surface area contributed by atoms with Crippen molar-refractivity contribution in [2.45, 2.75) is 26.8 Å². The molecule has 1 heterocycles. The van der Waals surface area contributed by atoms with Gasteiger partial charge in [-0.25, -0.2) is 4.98 Å². The van der Waals surface area contributed by atoms with Crippen LogP contribution in [-0.4, -0.2) is 29.1 Å². The molecule has 0 atom stereocenters. The van der Waals surface area contributed by atoms with Crippen molar-refractivity contribution in [1.29, 1.82) is 0 Å². The van der Waals surface area contributed by atoms with Gasteiger partial charge in [0.05, 0.1) is 25.6 Å². The van der Waals surface area contributed by atoms with E-state index in [1.807, 2.05) is 42.7 Å². The van der Waals surface area contributed by atoms with Gasteiger partial charge in [-0.2, -0.15) is 0 Å². The van der Waals surface area contributed by atoms with Crippen LogP contribution in [0.2, 0.25) is 0 Å². The minimum atomic E-state index is -0.00556. The van der Waals surface area contributed by atoms with E-state index < -0.39 is 0 Å². The first kappa shape index (κ1) is 15.1. The number of aromatic nitrogens is 2. The molecule has 1 amide bonds. The summed E-state index contributed by atoms with van der Waals surface area (Å²) in [6.07, 6.45) is 2.13. The van der Waals surface area contributed by atoms with Crippen molar-refractivity contribution in [3.63, 3.8) is 0 Å². The molecule has 21 heavy (non-hydrogen) atoms. The van der Waals surface area contributed by atoms with Crippen LogP contribution in [0.5, 0.6) is 5.75 Å². The van der Waals surface area contributed by atoms with Crippen molar-refractivity contribution in [2.24, 2.45) is 0 Å². The number of nitrogens with one attached hydrogen (secondary N) is 1. The molecule has 5 nitrogen and oxygen atoms in total. The van der Waals surface area contributed by atoms with Crippen molar-refractivity contribution in [2.75, 3.05) is 13.7 Å². The first-order chi connectivity index (χ1) is 10.1. The van der Waals surface area contributed by atoms with Crippen LogP contribution in [-0.2, 0) is 17.8 Å². The molecule has 0 unspecified atom stereocenters. The Morgan fingerprint density at radius 2 is 2.10 bits per heavy atom. The number of carbonyl (C=O) groups excluding carboxylic acids is 1. The van der Waals surface area contributed by atoms with Crippen molar-refractivity contribution in [1.82, 2.24) is 14.9 Å². The zero-order valence-electron chi connectivity index (χ0n) is 12.7. The number of ether oxygens (including phenoxy) is 1. The molecule has 0 aliphatic rings. The summed E-state index contributed by atoms with van der Waals surface area (Å²) in [5.74, 6) is 0.739. The molecule has 1 N–H and O–H groups in total. The molecule has 0 radical (unpaired) electrons. The highest BCUT2D eigenvalue weighted by molar-refractivity contribution is 5.79. The predicted octanol–water partition coefficient (Wildman–Crippen LogP) is 1.87. The van der Waals surface area contributed by atoms with E-state index in [2.05, 4.69) is 10.3 Å². The zero-order chi connectivity index (χ0) is 15.2. The topological polar surface area (TPSA) is 56.1 Å². The standard InChI is InChI=1S/C16H21N3O2/c1-12-13(2)19(11-18-12)9-8-17-16(20)10-14-6-4-5-7-15(14)21-3/h4-7,11H,8-10H2,1-3H3,(H,17,20). The van der Waals surface area contributed by atoms with Gasteiger partial charge >= 0.3 is 0 Å². The third-order valence-corrected chi connectivity index (χ3v) is 3.56. The lowest BCUT2D eigenvalue weighted by Crippen LogP contribution is -2.28. The number of rotatable bonds is 6. The number of para-hydroxylation sites is 1. The van der Waals surface area contributed by atoms with Gasteiger partial charge in [0.1, 0.15) is 5.75 Å². The largest absolute Gasteiger partial charge is 0.496 e. The van der Waals surface area contributed by atoms with Gasteiger partial charge in [-0.1, -0.05) is 18.2 Å². The first-order valence-electron chi connectivity index (χ1n) is 6.98. The Morgan fingerprint density at radius 1 is 1.33 bits per heavy atom. The van der Waals surface area contributed by atoms with Crippen molar-refractivity contribution in [3.8, 4) is 5.75 Å². The maximum atomic E-state index is 12.0. The van der Waals surface area contributed by atoms with E-state index in [1.54, 1.807) is 13.4 Å². The van der Waals surface area contributed by atoms with Gasteiger partial charge in [-0.3, -0.25) is 4.79 Å². The summed E-state index contributed by atoms with van der Waals surface area (Å²) >= 11 is 0. The van der Waals surface area contributed by atoms with Crippen LogP contribution >= 0.6 is 0 Å². The molecule has 0 fully saturated rings. The SMILES string of the molecule is COc1ccccc1CC(=O)NCCn1cnc(C)c1C. The predicted molar refractivity (Wildman–Crippen MR) is 81.4 cm³/mol. The highest BCUT2D eigenvalue weighted by atomic mass is 16.5. The highest BCUT2D eigenvalue weighted by Crippen LogP contribution is 2.17. The van der Waals surface area contributed by atoms with E-state index in [9.17, 15) is 4.79 Å². The average Bonchev–Trinajstić information content (AvgIpc) is 2.80. The van der Waals surface area contributed by atoms with Crippen molar-refractivity contribution in [3.05, 3.63) is 47.5 Å².